The van der Waals surface area contributed by atoms with Crippen LogP contribution in [0.3, 0.4) is 0 Å². The molecule has 0 aromatic rings. The highest BCUT2D eigenvalue weighted by Gasteiger charge is 2.33. The molecule has 1 heterocycles. The van der Waals surface area contributed by atoms with Crippen molar-refractivity contribution in [2.75, 3.05) is 11.5 Å². The first-order valence-electron chi connectivity index (χ1n) is 7.04. The Bertz CT molecular complexity index is 219. The van der Waals surface area contributed by atoms with Crippen LogP contribution in [0, 0.1) is 5.92 Å². The fourth-order valence-electron chi connectivity index (χ4n) is 3.21. The molecule has 1 aliphatic heterocycles. The summed E-state index contributed by atoms with van der Waals surface area (Å²) in [7, 11) is 0. The van der Waals surface area contributed by atoms with Gasteiger partial charge in [-0.3, -0.25) is 11.3 Å². The summed E-state index contributed by atoms with van der Waals surface area (Å²) in [4.78, 5) is 0. The van der Waals surface area contributed by atoms with Crippen LogP contribution >= 0.6 is 23.5 Å². The molecular formula is C13H26N2S2. The number of thioether (sulfide) groups is 2. The third-order valence-corrected chi connectivity index (χ3v) is 7.57. The van der Waals surface area contributed by atoms with Crippen LogP contribution < -0.4 is 11.3 Å². The molecule has 2 fully saturated rings. The number of hydrogen-bond acceptors (Lipinski definition) is 4. The molecule has 100 valence electrons. The molecule has 4 heteroatoms. The van der Waals surface area contributed by atoms with Crippen molar-refractivity contribution in [3.63, 3.8) is 0 Å². The lowest BCUT2D eigenvalue weighted by atomic mass is 9.95. The van der Waals surface area contributed by atoms with Crippen molar-refractivity contribution in [3.05, 3.63) is 0 Å². The normalized spacial score (nSPS) is 32.8. The number of nitrogens with one attached hydrogen (secondary N) is 1. The first kappa shape index (κ1) is 14.0. The molecule has 3 unspecified atom stereocenters. The van der Waals surface area contributed by atoms with Gasteiger partial charge in [0.25, 0.3) is 0 Å². The van der Waals surface area contributed by atoms with Gasteiger partial charge >= 0.3 is 0 Å². The van der Waals surface area contributed by atoms with Gasteiger partial charge in [-0.15, -0.1) is 0 Å². The van der Waals surface area contributed by atoms with Crippen molar-refractivity contribution in [2.45, 2.75) is 62.0 Å². The van der Waals surface area contributed by atoms with Crippen molar-refractivity contribution >= 4 is 23.5 Å². The number of hydrazine groups is 1. The van der Waals surface area contributed by atoms with Crippen LogP contribution in [0.4, 0.5) is 0 Å². The van der Waals surface area contributed by atoms with Crippen LogP contribution in [0.1, 0.15) is 45.4 Å². The molecule has 1 aliphatic carbocycles. The molecule has 2 aliphatic rings. The summed E-state index contributed by atoms with van der Waals surface area (Å²) in [5.74, 6) is 9.38. The van der Waals surface area contributed by atoms with E-state index in [1.165, 1.54) is 50.0 Å². The van der Waals surface area contributed by atoms with E-state index in [4.69, 9.17) is 5.84 Å². The minimum absolute atomic E-state index is 0.529. The minimum Gasteiger partial charge on any atom is -0.271 e. The average Bonchev–Trinajstić information content (AvgIpc) is 2.89. The molecule has 0 aromatic heterocycles. The molecular weight excluding hydrogens is 248 g/mol. The second kappa shape index (κ2) is 7.27. The van der Waals surface area contributed by atoms with Crippen LogP contribution in [0.25, 0.3) is 0 Å². The van der Waals surface area contributed by atoms with Crippen LogP contribution in [0.15, 0.2) is 0 Å². The van der Waals surface area contributed by atoms with E-state index in [0.717, 1.165) is 16.4 Å². The SMILES string of the molecule is CCC1SCCSC1C(CC1CCCC1)NN. The summed E-state index contributed by atoms with van der Waals surface area (Å²) in [6.45, 7) is 2.32. The van der Waals surface area contributed by atoms with Gasteiger partial charge in [-0.25, -0.2) is 0 Å². The van der Waals surface area contributed by atoms with E-state index in [2.05, 4.69) is 35.9 Å². The maximum Gasteiger partial charge on any atom is 0.0342 e. The van der Waals surface area contributed by atoms with Gasteiger partial charge in [0.15, 0.2) is 0 Å². The number of nitrogens with two attached hydrogens (primary N) is 1. The Labute approximate surface area is 114 Å². The Morgan fingerprint density at radius 2 is 1.94 bits per heavy atom. The summed E-state index contributed by atoms with van der Waals surface area (Å²) in [5, 5.41) is 1.53. The molecule has 3 N–H and O–H groups in total. The first-order chi connectivity index (χ1) is 8.35. The predicted octanol–water partition coefficient (Wildman–Crippen LogP) is 3.03. The summed E-state index contributed by atoms with van der Waals surface area (Å²) in [6, 6.07) is 0.529. The largest absolute Gasteiger partial charge is 0.271 e. The van der Waals surface area contributed by atoms with E-state index in [1.54, 1.807) is 0 Å². The average molecular weight is 274 g/mol. The lowest BCUT2D eigenvalue weighted by molar-refractivity contribution is 0.377. The molecule has 2 rings (SSSR count). The van der Waals surface area contributed by atoms with Gasteiger partial charge in [0.05, 0.1) is 0 Å². The van der Waals surface area contributed by atoms with E-state index in [9.17, 15) is 0 Å². The van der Waals surface area contributed by atoms with Crippen molar-refractivity contribution in [2.24, 2.45) is 11.8 Å². The first-order valence-corrected chi connectivity index (χ1v) is 9.14. The van der Waals surface area contributed by atoms with Gasteiger partial charge < -0.3 is 0 Å². The highest BCUT2D eigenvalue weighted by Crippen LogP contribution is 2.38. The van der Waals surface area contributed by atoms with Gasteiger partial charge in [0.1, 0.15) is 0 Å². The van der Waals surface area contributed by atoms with Crippen molar-refractivity contribution in [1.82, 2.24) is 5.43 Å². The highest BCUT2D eigenvalue weighted by atomic mass is 32.2. The Morgan fingerprint density at radius 3 is 2.59 bits per heavy atom. The third kappa shape index (κ3) is 3.79. The van der Waals surface area contributed by atoms with Crippen LogP contribution in [0.2, 0.25) is 0 Å². The van der Waals surface area contributed by atoms with Gasteiger partial charge in [0.2, 0.25) is 0 Å². The zero-order valence-electron chi connectivity index (χ0n) is 10.9. The van der Waals surface area contributed by atoms with E-state index < -0.39 is 0 Å². The van der Waals surface area contributed by atoms with Gasteiger partial charge in [-0.05, 0) is 18.8 Å². The zero-order chi connectivity index (χ0) is 12.1. The lowest BCUT2D eigenvalue weighted by Gasteiger charge is -2.36. The minimum atomic E-state index is 0.529. The Morgan fingerprint density at radius 1 is 1.24 bits per heavy atom. The summed E-state index contributed by atoms with van der Waals surface area (Å²) in [6.07, 6.45) is 8.31. The maximum absolute atomic E-state index is 5.83. The fraction of sp³-hybridized carbons (Fsp3) is 1.00. The number of hydrogen-bond donors (Lipinski definition) is 2. The van der Waals surface area contributed by atoms with E-state index in [-0.39, 0.29) is 0 Å². The van der Waals surface area contributed by atoms with Gasteiger partial charge in [-0.2, -0.15) is 23.5 Å². The molecule has 0 bridgehead atoms. The molecule has 1 saturated heterocycles. The Kier molecular flexibility index (Phi) is 6.00. The van der Waals surface area contributed by atoms with Gasteiger partial charge in [0, 0.05) is 28.0 Å². The van der Waals surface area contributed by atoms with Crippen LogP contribution in [0.5, 0.6) is 0 Å². The molecule has 0 spiro atoms. The Balaban J connectivity index is 1.90. The third-order valence-electron chi connectivity index (χ3n) is 4.17. The molecule has 0 aromatic carbocycles. The zero-order valence-corrected chi connectivity index (χ0v) is 12.5. The van der Waals surface area contributed by atoms with Crippen molar-refractivity contribution in [1.29, 1.82) is 0 Å². The summed E-state index contributed by atoms with van der Waals surface area (Å²) in [5.41, 5.74) is 3.13. The monoisotopic (exact) mass is 274 g/mol. The van der Waals surface area contributed by atoms with Crippen LogP contribution in [-0.4, -0.2) is 28.0 Å². The Hall–Kier alpha value is 0.620. The molecule has 1 saturated carbocycles. The van der Waals surface area contributed by atoms with Gasteiger partial charge in [-0.1, -0.05) is 32.6 Å². The molecule has 0 radical (unpaired) electrons. The summed E-state index contributed by atoms with van der Waals surface area (Å²) >= 11 is 4.31. The second-order valence-corrected chi connectivity index (χ2v) is 7.95. The quantitative estimate of drug-likeness (QED) is 0.597. The maximum atomic E-state index is 5.83. The van der Waals surface area contributed by atoms with E-state index in [1.807, 2.05) is 0 Å². The van der Waals surface area contributed by atoms with E-state index in [0.29, 0.717) is 6.04 Å². The van der Waals surface area contributed by atoms with Crippen molar-refractivity contribution < 1.29 is 0 Å². The van der Waals surface area contributed by atoms with Crippen LogP contribution in [-0.2, 0) is 0 Å². The standard InChI is InChI=1S/C13H26N2S2/c1-2-12-13(17-8-7-16-12)11(15-14)9-10-5-3-4-6-10/h10-13,15H,2-9,14H2,1H3. The second-order valence-electron chi connectivity index (χ2n) is 5.31. The van der Waals surface area contributed by atoms with E-state index >= 15 is 0 Å². The van der Waals surface area contributed by atoms with Crippen molar-refractivity contribution in [3.8, 4) is 0 Å². The fourth-order valence-corrected chi connectivity index (χ4v) is 6.47. The molecule has 2 nitrogen and oxygen atoms in total. The predicted molar refractivity (Wildman–Crippen MR) is 80.5 cm³/mol. The molecule has 0 amide bonds. The summed E-state index contributed by atoms with van der Waals surface area (Å²) < 4.78 is 0. The smallest absolute Gasteiger partial charge is 0.0342 e. The topological polar surface area (TPSA) is 38.0 Å². The highest BCUT2D eigenvalue weighted by molar-refractivity contribution is 8.07. The number of rotatable bonds is 5. The molecule has 3 atom stereocenters. The molecule has 17 heavy (non-hydrogen) atoms. The lowest BCUT2D eigenvalue weighted by Crippen LogP contribution is -2.48.